The normalized spacial score (nSPS) is 10.5. The van der Waals surface area contributed by atoms with Crippen molar-refractivity contribution in [1.82, 2.24) is 0 Å². The second kappa shape index (κ2) is 8.97. The van der Waals surface area contributed by atoms with E-state index in [1.165, 1.54) is 20.0 Å². The molecule has 2 aromatic rings. The zero-order chi connectivity index (χ0) is 19.8. The number of carbonyl (C=O) groups excluding carboxylic acids is 3. The lowest BCUT2D eigenvalue weighted by Gasteiger charge is -2.07. The van der Waals surface area contributed by atoms with Crippen LogP contribution in [0.15, 0.2) is 60.3 Å². The van der Waals surface area contributed by atoms with Crippen molar-refractivity contribution < 1.29 is 14.4 Å². The van der Waals surface area contributed by atoms with Gasteiger partial charge in [0.1, 0.15) is 11.6 Å². The Morgan fingerprint density at radius 3 is 2.19 bits per heavy atom. The van der Waals surface area contributed by atoms with Gasteiger partial charge in [-0.2, -0.15) is 5.26 Å². The first-order valence-corrected chi connectivity index (χ1v) is 8.06. The molecule has 0 heterocycles. The molecule has 0 saturated carbocycles. The molecule has 0 aliphatic rings. The van der Waals surface area contributed by atoms with E-state index in [1.807, 2.05) is 6.07 Å². The van der Waals surface area contributed by atoms with Gasteiger partial charge in [-0.25, -0.2) is 0 Å². The van der Waals surface area contributed by atoms with Crippen LogP contribution in [0.2, 0.25) is 0 Å². The molecule has 0 aliphatic heterocycles. The number of benzene rings is 2. The van der Waals surface area contributed by atoms with Crippen molar-refractivity contribution >= 4 is 34.7 Å². The van der Waals surface area contributed by atoms with Gasteiger partial charge in [0.25, 0.3) is 5.91 Å². The van der Waals surface area contributed by atoms with Crippen LogP contribution in [-0.2, 0) is 9.59 Å². The first-order valence-electron chi connectivity index (χ1n) is 8.06. The fourth-order valence-electron chi connectivity index (χ4n) is 2.18. The predicted molar refractivity (Wildman–Crippen MR) is 103 cm³/mol. The summed E-state index contributed by atoms with van der Waals surface area (Å²) in [4.78, 5) is 34.6. The molecule has 0 aromatic heterocycles. The van der Waals surface area contributed by atoms with E-state index < -0.39 is 5.91 Å². The van der Waals surface area contributed by atoms with E-state index >= 15 is 0 Å². The van der Waals surface area contributed by atoms with Gasteiger partial charge in [-0.05, 0) is 49.4 Å². The summed E-state index contributed by atoms with van der Waals surface area (Å²) in [7, 11) is 0. The Labute approximate surface area is 156 Å². The summed E-state index contributed by atoms with van der Waals surface area (Å²) in [6.45, 7) is 2.86. The molecule has 2 rings (SSSR count). The maximum atomic E-state index is 12.2. The summed E-state index contributed by atoms with van der Waals surface area (Å²) in [5.41, 5.74) is 2.07. The first-order chi connectivity index (χ1) is 12.9. The van der Waals surface area contributed by atoms with Crippen LogP contribution in [0.25, 0.3) is 0 Å². The molecule has 136 valence electrons. The highest BCUT2D eigenvalue weighted by atomic mass is 16.2. The van der Waals surface area contributed by atoms with Crippen molar-refractivity contribution in [2.75, 3.05) is 16.0 Å². The van der Waals surface area contributed by atoms with Gasteiger partial charge in [0.05, 0.1) is 0 Å². The van der Waals surface area contributed by atoms with E-state index in [9.17, 15) is 19.6 Å². The maximum absolute atomic E-state index is 12.2. The number of nitriles is 1. The number of Topliss-reactive ketones (excluding diaryl/α,β-unsaturated/α-hetero) is 1. The molecule has 27 heavy (non-hydrogen) atoms. The zero-order valence-corrected chi connectivity index (χ0v) is 14.9. The third-order valence-electron chi connectivity index (χ3n) is 3.48. The number of nitrogens with zero attached hydrogens (tertiary/aromatic N) is 1. The standard InChI is InChI=1S/C20H18N4O3/c1-13(25)15-6-8-17(9-7-15)24-20(27)16(11-21)12-22-18-4-3-5-19(10-18)23-14(2)26/h3-10,12,22H,1-2H3,(H,23,26)(H,24,27)/b16-12-. The fraction of sp³-hybridized carbons (Fsp3) is 0.100. The second-order valence-corrected chi connectivity index (χ2v) is 5.66. The van der Waals surface area contributed by atoms with Crippen molar-refractivity contribution in [3.63, 3.8) is 0 Å². The van der Waals surface area contributed by atoms with E-state index in [4.69, 9.17) is 0 Å². The van der Waals surface area contributed by atoms with Crippen LogP contribution in [0.5, 0.6) is 0 Å². The number of amides is 2. The van der Waals surface area contributed by atoms with Gasteiger partial charge in [-0.3, -0.25) is 14.4 Å². The van der Waals surface area contributed by atoms with Gasteiger partial charge < -0.3 is 16.0 Å². The minimum absolute atomic E-state index is 0.0730. The molecular formula is C20H18N4O3. The predicted octanol–water partition coefficient (Wildman–Crippen LogP) is 3.31. The van der Waals surface area contributed by atoms with Gasteiger partial charge in [-0.15, -0.1) is 0 Å². The van der Waals surface area contributed by atoms with Gasteiger partial charge >= 0.3 is 0 Å². The highest BCUT2D eigenvalue weighted by Crippen LogP contribution is 2.16. The molecule has 0 atom stereocenters. The summed E-state index contributed by atoms with van der Waals surface area (Å²) in [6, 6.07) is 15.1. The second-order valence-electron chi connectivity index (χ2n) is 5.66. The quantitative estimate of drug-likeness (QED) is 0.415. The minimum Gasteiger partial charge on any atom is -0.360 e. The molecule has 2 aromatic carbocycles. The van der Waals surface area contributed by atoms with Crippen LogP contribution in [-0.4, -0.2) is 17.6 Å². The number of hydrogen-bond donors (Lipinski definition) is 3. The van der Waals surface area contributed by atoms with Crippen LogP contribution < -0.4 is 16.0 Å². The monoisotopic (exact) mass is 362 g/mol. The van der Waals surface area contributed by atoms with Crippen molar-refractivity contribution in [2.45, 2.75) is 13.8 Å². The zero-order valence-electron chi connectivity index (χ0n) is 14.9. The van der Waals surface area contributed by atoms with Crippen LogP contribution in [0.3, 0.4) is 0 Å². The van der Waals surface area contributed by atoms with Crippen molar-refractivity contribution in [1.29, 1.82) is 5.26 Å². The molecule has 0 aliphatic carbocycles. The van der Waals surface area contributed by atoms with Gasteiger partial charge in [0, 0.05) is 35.7 Å². The number of nitrogens with one attached hydrogen (secondary N) is 3. The highest BCUT2D eigenvalue weighted by molar-refractivity contribution is 6.07. The molecule has 0 unspecified atom stereocenters. The minimum atomic E-state index is -0.585. The smallest absolute Gasteiger partial charge is 0.267 e. The van der Waals surface area contributed by atoms with E-state index in [2.05, 4.69) is 16.0 Å². The lowest BCUT2D eigenvalue weighted by molar-refractivity contribution is -0.114. The molecule has 0 fully saturated rings. The van der Waals surface area contributed by atoms with Crippen molar-refractivity contribution in [2.24, 2.45) is 0 Å². The number of anilines is 3. The Bertz CT molecular complexity index is 940. The third-order valence-corrected chi connectivity index (χ3v) is 3.48. The molecule has 0 bridgehead atoms. The molecule has 2 amide bonds. The Morgan fingerprint density at radius 2 is 1.59 bits per heavy atom. The topological polar surface area (TPSA) is 111 Å². The van der Waals surface area contributed by atoms with Crippen LogP contribution >= 0.6 is 0 Å². The van der Waals surface area contributed by atoms with E-state index in [0.29, 0.717) is 22.6 Å². The molecular weight excluding hydrogens is 344 g/mol. The summed E-state index contributed by atoms with van der Waals surface area (Å²) in [5.74, 6) is -0.856. The van der Waals surface area contributed by atoms with Crippen LogP contribution in [0.1, 0.15) is 24.2 Å². The summed E-state index contributed by atoms with van der Waals surface area (Å²) in [6.07, 6.45) is 1.28. The fourth-order valence-corrected chi connectivity index (χ4v) is 2.18. The van der Waals surface area contributed by atoms with Gasteiger partial charge in [-0.1, -0.05) is 6.07 Å². The molecule has 7 heteroatoms. The van der Waals surface area contributed by atoms with Gasteiger partial charge in [0.2, 0.25) is 5.91 Å². The molecule has 3 N–H and O–H groups in total. The Hall–Kier alpha value is -3.92. The number of rotatable bonds is 6. The van der Waals surface area contributed by atoms with E-state index in [1.54, 1.807) is 48.5 Å². The number of carbonyl (C=O) groups is 3. The molecule has 0 spiro atoms. The third kappa shape index (κ3) is 5.83. The average Bonchev–Trinajstić information content (AvgIpc) is 2.62. The SMILES string of the molecule is CC(=O)Nc1cccc(N/C=C(/C#N)C(=O)Nc2ccc(C(C)=O)cc2)c1. The van der Waals surface area contributed by atoms with Gasteiger partial charge in [0.15, 0.2) is 5.78 Å². The van der Waals surface area contributed by atoms with Crippen LogP contribution in [0.4, 0.5) is 17.1 Å². The number of hydrogen-bond acceptors (Lipinski definition) is 5. The molecule has 0 radical (unpaired) electrons. The Balaban J connectivity index is 2.07. The number of ketones is 1. The van der Waals surface area contributed by atoms with Crippen LogP contribution in [0, 0.1) is 11.3 Å². The summed E-state index contributed by atoms with van der Waals surface area (Å²) >= 11 is 0. The largest absolute Gasteiger partial charge is 0.360 e. The van der Waals surface area contributed by atoms with E-state index in [-0.39, 0.29) is 17.3 Å². The molecule has 0 saturated heterocycles. The average molecular weight is 362 g/mol. The maximum Gasteiger partial charge on any atom is 0.267 e. The first kappa shape index (κ1) is 19.4. The summed E-state index contributed by atoms with van der Waals surface area (Å²) in [5, 5.41) is 17.3. The molecule has 7 nitrogen and oxygen atoms in total. The summed E-state index contributed by atoms with van der Waals surface area (Å²) < 4.78 is 0. The Kier molecular flexibility index (Phi) is 6.44. The van der Waals surface area contributed by atoms with E-state index in [0.717, 1.165) is 0 Å². The lowest BCUT2D eigenvalue weighted by Crippen LogP contribution is -2.14. The van der Waals surface area contributed by atoms with Crippen molar-refractivity contribution in [3.05, 3.63) is 65.9 Å². The lowest BCUT2D eigenvalue weighted by atomic mass is 10.1. The van der Waals surface area contributed by atoms with Crippen molar-refractivity contribution in [3.8, 4) is 6.07 Å². The highest BCUT2D eigenvalue weighted by Gasteiger charge is 2.10. The Morgan fingerprint density at radius 1 is 0.926 bits per heavy atom.